The number of nitrogens with two attached hydrogens (primary N) is 1. The molecule has 1 aromatic carbocycles. The molecule has 1 aromatic rings. The first-order valence-electron chi connectivity index (χ1n) is 6.08. The van der Waals surface area contributed by atoms with Crippen molar-refractivity contribution in [3.63, 3.8) is 0 Å². The Morgan fingerprint density at radius 3 is 2.44 bits per heavy atom. The fourth-order valence-corrected chi connectivity index (χ4v) is 3.36. The van der Waals surface area contributed by atoms with Gasteiger partial charge in [0.05, 0.1) is 4.90 Å². The molecule has 0 spiro atoms. The van der Waals surface area contributed by atoms with Crippen molar-refractivity contribution < 1.29 is 8.42 Å². The Morgan fingerprint density at radius 1 is 1.33 bits per heavy atom. The zero-order valence-corrected chi connectivity index (χ0v) is 12.3. The SMILES string of the molecule is CCCC(C)(C)NS(=O)(=O)c1ccc(C)c(N)c1. The lowest BCUT2D eigenvalue weighted by atomic mass is 10.0. The predicted octanol–water partition coefficient (Wildman–Crippen LogP) is 2.43. The molecule has 0 atom stereocenters. The lowest BCUT2D eigenvalue weighted by molar-refractivity contribution is 0.418. The van der Waals surface area contributed by atoms with Crippen LogP contribution in [0, 0.1) is 6.92 Å². The molecule has 5 heteroatoms. The van der Waals surface area contributed by atoms with Gasteiger partial charge in [-0.1, -0.05) is 19.4 Å². The molecule has 4 nitrogen and oxygen atoms in total. The first kappa shape index (κ1) is 15.0. The van der Waals surface area contributed by atoms with Gasteiger partial charge >= 0.3 is 0 Å². The molecule has 102 valence electrons. The van der Waals surface area contributed by atoms with Crippen LogP contribution in [0.25, 0.3) is 0 Å². The summed E-state index contributed by atoms with van der Waals surface area (Å²) in [5.74, 6) is 0. The van der Waals surface area contributed by atoms with Crippen LogP contribution in [-0.2, 0) is 10.0 Å². The van der Waals surface area contributed by atoms with E-state index in [1.54, 1.807) is 12.1 Å². The number of rotatable bonds is 5. The summed E-state index contributed by atoms with van der Waals surface area (Å²) in [6.07, 6.45) is 1.71. The van der Waals surface area contributed by atoms with Crippen molar-refractivity contribution >= 4 is 15.7 Å². The average molecular weight is 270 g/mol. The summed E-state index contributed by atoms with van der Waals surface area (Å²) in [6.45, 7) is 7.64. The van der Waals surface area contributed by atoms with Gasteiger partial charge in [-0.25, -0.2) is 13.1 Å². The summed E-state index contributed by atoms with van der Waals surface area (Å²) in [4.78, 5) is 0.217. The van der Waals surface area contributed by atoms with E-state index in [2.05, 4.69) is 4.72 Å². The summed E-state index contributed by atoms with van der Waals surface area (Å²) < 4.78 is 27.2. The first-order valence-corrected chi connectivity index (χ1v) is 7.56. The Bertz CT molecular complexity index is 522. The molecule has 0 aliphatic heterocycles. The summed E-state index contributed by atoms with van der Waals surface area (Å²) in [5.41, 5.74) is 6.66. The quantitative estimate of drug-likeness (QED) is 0.807. The Balaban J connectivity index is 3.03. The molecule has 0 unspecified atom stereocenters. The smallest absolute Gasteiger partial charge is 0.241 e. The topological polar surface area (TPSA) is 72.2 Å². The highest BCUT2D eigenvalue weighted by Gasteiger charge is 2.25. The minimum Gasteiger partial charge on any atom is -0.398 e. The van der Waals surface area contributed by atoms with E-state index in [-0.39, 0.29) is 4.90 Å². The van der Waals surface area contributed by atoms with E-state index in [0.29, 0.717) is 5.69 Å². The molecule has 0 bridgehead atoms. The monoisotopic (exact) mass is 270 g/mol. The second kappa shape index (κ2) is 5.28. The molecule has 0 saturated heterocycles. The molecule has 1 rings (SSSR count). The normalized spacial score (nSPS) is 12.7. The van der Waals surface area contributed by atoms with Crippen LogP contribution < -0.4 is 10.5 Å². The number of nitrogen functional groups attached to an aromatic ring is 1. The van der Waals surface area contributed by atoms with Gasteiger partial charge in [0.15, 0.2) is 0 Å². The summed E-state index contributed by atoms with van der Waals surface area (Å²) in [5, 5.41) is 0. The van der Waals surface area contributed by atoms with Gasteiger partial charge in [-0.2, -0.15) is 0 Å². The van der Waals surface area contributed by atoms with Gasteiger partial charge in [-0.05, 0) is 44.9 Å². The maximum absolute atomic E-state index is 12.2. The van der Waals surface area contributed by atoms with E-state index >= 15 is 0 Å². The predicted molar refractivity (Wildman–Crippen MR) is 74.9 cm³/mol. The standard InChI is InChI=1S/C13H22N2O2S/c1-5-8-13(3,4)15-18(16,17)11-7-6-10(2)12(14)9-11/h6-7,9,15H,5,8,14H2,1-4H3. The van der Waals surface area contributed by atoms with Crippen LogP contribution >= 0.6 is 0 Å². The fraction of sp³-hybridized carbons (Fsp3) is 0.538. The summed E-state index contributed by atoms with van der Waals surface area (Å²) >= 11 is 0. The summed E-state index contributed by atoms with van der Waals surface area (Å²) in [7, 11) is -3.51. The molecular formula is C13H22N2O2S. The van der Waals surface area contributed by atoms with Crippen LogP contribution in [0.3, 0.4) is 0 Å². The molecule has 3 N–H and O–H groups in total. The third kappa shape index (κ3) is 3.71. The zero-order chi connectivity index (χ0) is 14.0. The maximum Gasteiger partial charge on any atom is 0.241 e. The van der Waals surface area contributed by atoms with Crippen LogP contribution in [0.4, 0.5) is 5.69 Å². The largest absolute Gasteiger partial charge is 0.398 e. The number of sulfonamides is 1. The van der Waals surface area contributed by atoms with Crippen LogP contribution in [0.1, 0.15) is 39.2 Å². The molecule has 0 saturated carbocycles. The van der Waals surface area contributed by atoms with E-state index in [4.69, 9.17) is 5.73 Å². The highest BCUT2D eigenvalue weighted by molar-refractivity contribution is 7.89. The number of benzene rings is 1. The zero-order valence-electron chi connectivity index (χ0n) is 11.4. The molecule has 0 amide bonds. The minimum absolute atomic E-state index is 0.217. The maximum atomic E-state index is 12.2. The van der Waals surface area contributed by atoms with Crippen molar-refractivity contribution in [1.82, 2.24) is 4.72 Å². The van der Waals surface area contributed by atoms with Crippen LogP contribution in [0.2, 0.25) is 0 Å². The molecule has 0 aliphatic rings. The van der Waals surface area contributed by atoms with Crippen molar-refractivity contribution in [3.05, 3.63) is 23.8 Å². The van der Waals surface area contributed by atoms with E-state index in [1.807, 2.05) is 27.7 Å². The second-order valence-corrected chi connectivity index (χ2v) is 6.94. The van der Waals surface area contributed by atoms with Crippen molar-refractivity contribution in [1.29, 1.82) is 0 Å². The highest BCUT2D eigenvalue weighted by atomic mass is 32.2. The number of hydrogen-bond acceptors (Lipinski definition) is 3. The number of aryl methyl sites for hydroxylation is 1. The van der Waals surface area contributed by atoms with Gasteiger partial charge in [0.2, 0.25) is 10.0 Å². The third-order valence-electron chi connectivity index (χ3n) is 2.85. The molecule has 0 aromatic heterocycles. The number of nitrogens with one attached hydrogen (secondary N) is 1. The van der Waals surface area contributed by atoms with E-state index in [1.165, 1.54) is 6.07 Å². The number of hydrogen-bond donors (Lipinski definition) is 2. The first-order chi connectivity index (χ1) is 8.18. The second-order valence-electron chi connectivity index (χ2n) is 5.26. The van der Waals surface area contributed by atoms with Crippen LogP contribution in [0.5, 0.6) is 0 Å². The van der Waals surface area contributed by atoms with E-state index < -0.39 is 15.6 Å². The Kier molecular flexibility index (Phi) is 4.40. The van der Waals surface area contributed by atoms with Gasteiger partial charge in [0, 0.05) is 11.2 Å². The molecule has 0 heterocycles. The molecular weight excluding hydrogens is 248 g/mol. The van der Waals surface area contributed by atoms with E-state index in [0.717, 1.165) is 18.4 Å². The van der Waals surface area contributed by atoms with Gasteiger partial charge in [-0.15, -0.1) is 0 Å². The van der Waals surface area contributed by atoms with Gasteiger partial charge in [0.25, 0.3) is 0 Å². The summed E-state index contributed by atoms with van der Waals surface area (Å²) in [6, 6.07) is 4.80. The van der Waals surface area contributed by atoms with Crippen molar-refractivity contribution in [2.45, 2.75) is 51.0 Å². The van der Waals surface area contributed by atoms with Crippen molar-refractivity contribution in [2.24, 2.45) is 0 Å². The third-order valence-corrected chi connectivity index (χ3v) is 4.54. The van der Waals surface area contributed by atoms with Gasteiger partial charge < -0.3 is 5.73 Å². The Hall–Kier alpha value is -1.07. The number of anilines is 1. The molecule has 0 aliphatic carbocycles. The van der Waals surface area contributed by atoms with Crippen molar-refractivity contribution in [3.8, 4) is 0 Å². The lowest BCUT2D eigenvalue weighted by Gasteiger charge is -2.25. The van der Waals surface area contributed by atoms with Crippen molar-refractivity contribution in [2.75, 3.05) is 5.73 Å². The van der Waals surface area contributed by atoms with Gasteiger partial charge in [0.1, 0.15) is 0 Å². The average Bonchev–Trinajstić information content (AvgIpc) is 2.20. The highest BCUT2D eigenvalue weighted by Crippen LogP contribution is 2.20. The minimum atomic E-state index is -3.51. The molecule has 0 fully saturated rings. The molecule has 0 radical (unpaired) electrons. The van der Waals surface area contributed by atoms with E-state index in [9.17, 15) is 8.42 Å². The van der Waals surface area contributed by atoms with Crippen LogP contribution in [0.15, 0.2) is 23.1 Å². The van der Waals surface area contributed by atoms with Gasteiger partial charge in [-0.3, -0.25) is 0 Å². The molecule has 18 heavy (non-hydrogen) atoms. The fourth-order valence-electron chi connectivity index (χ4n) is 1.88. The lowest BCUT2D eigenvalue weighted by Crippen LogP contribution is -2.43. The van der Waals surface area contributed by atoms with Crippen LogP contribution in [-0.4, -0.2) is 14.0 Å². The Morgan fingerprint density at radius 2 is 1.94 bits per heavy atom. The Labute approximate surface area is 110 Å².